The van der Waals surface area contributed by atoms with Gasteiger partial charge in [0, 0.05) is 18.4 Å². The van der Waals surface area contributed by atoms with Gasteiger partial charge in [0.2, 0.25) is 0 Å². The third-order valence-corrected chi connectivity index (χ3v) is 3.99. The Kier molecular flexibility index (Phi) is 4.99. The molecule has 2 heteroatoms. The highest BCUT2D eigenvalue weighted by atomic mass is 14.9. The molecule has 0 amide bonds. The second-order valence-corrected chi connectivity index (χ2v) is 5.25. The minimum Gasteiger partial charge on any atom is -0.314 e. The molecule has 0 radical (unpaired) electrons. The van der Waals surface area contributed by atoms with Crippen molar-refractivity contribution in [3.8, 4) is 0 Å². The summed E-state index contributed by atoms with van der Waals surface area (Å²) in [6.07, 6.45) is 12.0. The fourth-order valence-corrected chi connectivity index (χ4v) is 2.79. The minimum atomic E-state index is 0.678. The quantitative estimate of drug-likeness (QED) is 0.843. The maximum absolute atomic E-state index is 4.04. The molecule has 1 atom stereocenters. The van der Waals surface area contributed by atoms with Crippen LogP contribution in [0.4, 0.5) is 0 Å². The van der Waals surface area contributed by atoms with Gasteiger partial charge in [-0.1, -0.05) is 19.3 Å². The molecule has 94 valence electrons. The van der Waals surface area contributed by atoms with Gasteiger partial charge in [-0.3, -0.25) is 4.98 Å². The van der Waals surface area contributed by atoms with Gasteiger partial charge in [-0.05, 0) is 56.3 Å². The molecular weight excluding hydrogens is 208 g/mol. The van der Waals surface area contributed by atoms with E-state index in [1.165, 1.54) is 37.7 Å². The lowest BCUT2D eigenvalue weighted by Crippen LogP contribution is -2.35. The van der Waals surface area contributed by atoms with E-state index in [0.717, 1.165) is 18.9 Å². The van der Waals surface area contributed by atoms with E-state index in [-0.39, 0.29) is 0 Å². The van der Waals surface area contributed by atoms with Crippen molar-refractivity contribution < 1.29 is 0 Å². The fourth-order valence-electron chi connectivity index (χ4n) is 2.79. The van der Waals surface area contributed by atoms with Crippen molar-refractivity contribution in [3.63, 3.8) is 0 Å². The van der Waals surface area contributed by atoms with Gasteiger partial charge in [0.05, 0.1) is 0 Å². The third kappa shape index (κ3) is 4.12. The Labute approximate surface area is 105 Å². The maximum atomic E-state index is 4.04. The van der Waals surface area contributed by atoms with Gasteiger partial charge in [-0.25, -0.2) is 0 Å². The van der Waals surface area contributed by atoms with Crippen LogP contribution in [-0.2, 0) is 6.42 Å². The molecule has 0 aromatic carbocycles. The van der Waals surface area contributed by atoms with Crippen molar-refractivity contribution in [2.75, 3.05) is 6.54 Å². The second kappa shape index (κ2) is 6.75. The van der Waals surface area contributed by atoms with E-state index in [4.69, 9.17) is 0 Å². The summed E-state index contributed by atoms with van der Waals surface area (Å²) in [5, 5.41) is 3.68. The molecule has 2 nitrogen and oxygen atoms in total. The second-order valence-electron chi connectivity index (χ2n) is 5.25. The smallest absolute Gasteiger partial charge is 0.0270 e. The highest BCUT2D eigenvalue weighted by Crippen LogP contribution is 2.26. The van der Waals surface area contributed by atoms with E-state index < -0.39 is 0 Å². The largest absolute Gasteiger partial charge is 0.314 e. The molecule has 1 aliphatic rings. The standard InChI is InChI=1S/C15H24N2/c1-13(15-5-3-2-4-6-15)17-12-9-14-7-10-16-11-8-14/h7-8,10-11,13,15,17H,2-6,9,12H2,1H3/t13-/m1/s1. The molecule has 0 unspecified atom stereocenters. The van der Waals surface area contributed by atoms with Gasteiger partial charge >= 0.3 is 0 Å². The first-order valence-electron chi connectivity index (χ1n) is 6.98. The predicted molar refractivity (Wildman–Crippen MR) is 72.0 cm³/mol. The molecule has 0 bridgehead atoms. The lowest BCUT2D eigenvalue weighted by atomic mass is 9.84. The van der Waals surface area contributed by atoms with Crippen LogP contribution in [0.3, 0.4) is 0 Å². The minimum absolute atomic E-state index is 0.678. The molecule has 1 aliphatic carbocycles. The summed E-state index contributed by atoms with van der Waals surface area (Å²) in [6, 6.07) is 4.89. The van der Waals surface area contributed by atoms with E-state index in [2.05, 4.69) is 29.4 Å². The number of pyridine rings is 1. The molecule has 0 spiro atoms. The van der Waals surface area contributed by atoms with Gasteiger partial charge in [0.1, 0.15) is 0 Å². The van der Waals surface area contributed by atoms with E-state index in [1.807, 2.05) is 12.4 Å². The average Bonchev–Trinajstić information content (AvgIpc) is 2.41. The Morgan fingerprint density at radius 2 is 1.94 bits per heavy atom. The molecule has 1 aromatic rings. The topological polar surface area (TPSA) is 24.9 Å². The monoisotopic (exact) mass is 232 g/mol. The highest BCUT2D eigenvalue weighted by Gasteiger charge is 2.19. The van der Waals surface area contributed by atoms with E-state index in [1.54, 1.807) is 0 Å². The predicted octanol–water partition coefficient (Wildman–Crippen LogP) is 3.18. The Morgan fingerprint density at radius 1 is 1.24 bits per heavy atom. The van der Waals surface area contributed by atoms with Gasteiger partial charge in [-0.2, -0.15) is 0 Å². The summed E-state index contributed by atoms with van der Waals surface area (Å²) in [7, 11) is 0. The van der Waals surface area contributed by atoms with Gasteiger partial charge in [0.15, 0.2) is 0 Å². The third-order valence-electron chi connectivity index (χ3n) is 3.99. The molecular formula is C15H24N2. The lowest BCUT2D eigenvalue weighted by Gasteiger charge is -2.28. The molecule has 2 rings (SSSR count). The summed E-state index contributed by atoms with van der Waals surface area (Å²) in [5.74, 6) is 0.904. The summed E-state index contributed by atoms with van der Waals surface area (Å²) >= 11 is 0. The molecule has 0 aliphatic heterocycles. The molecule has 1 N–H and O–H groups in total. The molecule has 0 saturated heterocycles. The summed E-state index contributed by atoms with van der Waals surface area (Å²) in [6.45, 7) is 3.43. The molecule has 1 saturated carbocycles. The first kappa shape index (κ1) is 12.6. The number of rotatable bonds is 5. The van der Waals surface area contributed by atoms with Gasteiger partial charge in [-0.15, -0.1) is 0 Å². The van der Waals surface area contributed by atoms with Gasteiger partial charge in [0.25, 0.3) is 0 Å². The van der Waals surface area contributed by atoms with Crippen molar-refractivity contribution >= 4 is 0 Å². The van der Waals surface area contributed by atoms with Gasteiger partial charge < -0.3 is 5.32 Å². The van der Waals surface area contributed by atoms with E-state index >= 15 is 0 Å². The summed E-state index contributed by atoms with van der Waals surface area (Å²) in [5.41, 5.74) is 1.38. The SMILES string of the molecule is C[C@@H](NCCc1ccncc1)C1CCCCC1. The highest BCUT2D eigenvalue weighted by molar-refractivity contribution is 5.09. The Morgan fingerprint density at radius 3 is 2.65 bits per heavy atom. The number of hydrogen-bond donors (Lipinski definition) is 1. The fraction of sp³-hybridized carbons (Fsp3) is 0.667. The molecule has 17 heavy (non-hydrogen) atoms. The normalized spacial score (nSPS) is 19.1. The van der Waals surface area contributed by atoms with Crippen LogP contribution in [0.15, 0.2) is 24.5 Å². The molecule has 1 aromatic heterocycles. The zero-order valence-corrected chi connectivity index (χ0v) is 10.9. The Bertz CT molecular complexity index is 304. The zero-order valence-electron chi connectivity index (χ0n) is 10.9. The van der Waals surface area contributed by atoms with Crippen LogP contribution in [0.1, 0.15) is 44.6 Å². The van der Waals surface area contributed by atoms with Crippen molar-refractivity contribution in [1.29, 1.82) is 0 Å². The number of nitrogens with zero attached hydrogens (tertiary/aromatic N) is 1. The summed E-state index contributed by atoms with van der Waals surface area (Å²) < 4.78 is 0. The Hall–Kier alpha value is -0.890. The van der Waals surface area contributed by atoms with Crippen LogP contribution in [0.2, 0.25) is 0 Å². The van der Waals surface area contributed by atoms with Crippen LogP contribution < -0.4 is 5.32 Å². The van der Waals surface area contributed by atoms with Crippen molar-refractivity contribution in [1.82, 2.24) is 10.3 Å². The Balaban J connectivity index is 1.67. The maximum Gasteiger partial charge on any atom is 0.0270 e. The number of nitrogens with one attached hydrogen (secondary N) is 1. The first-order valence-corrected chi connectivity index (χ1v) is 6.98. The lowest BCUT2D eigenvalue weighted by molar-refractivity contribution is 0.283. The zero-order chi connectivity index (χ0) is 11.9. The average molecular weight is 232 g/mol. The van der Waals surface area contributed by atoms with Crippen molar-refractivity contribution in [3.05, 3.63) is 30.1 Å². The molecule has 1 heterocycles. The van der Waals surface area contributed by atoms with Crippen molar-refractivity contribution in [2.24, 2.45) is 5.92 Å². The van der Waals surface area contributed by atoms with Crippen LogP contribution in [0, 0.1) is 5.92 Å². The molecule has 1 fully saturated rings. The van der Waals surface area contributed by atoms with Crippen LogP contribution >= 0.6 is 0 Å². The van der Waals surface area contributed by atoms with E-state index in [0.29, 0.717) is 6.04 Å². The van der Waals surface area contributed by atoms with Crippen molar-refractivity contribution in [2.45, 2.75) is 51.5 Å². The van der Waals surface area contributed by atoms with E-state index in [9.17, 15) is 0 Å². The number of hydrogen-bond acceptors (Lipinski definition) is 2. The van der Waals surface area contributed by atoms with Crippen LogP contribution in [0.5, 0.6) is 0 Å². The van der Waals surface area contributed by atoms with Crippen LogP contribution in [0.25, 0.3) is 0 Å². The van der Waals surface area contributed by atoms with Crippen LogP contribution in [-0.4, -0.2) is 17.6 Å². The first-order chi connectivity index (χ1) is 8.36. The number of aromatic nitrogens is 1. The summed E-state index contributed by atoms with van der Waals surface area (Å²) in [4.78, 5) is 4.04.